The van der Waals surface area contributed by atoms with Crippen LogP contribution in [0.25, 0.3) is 22.2 Å². The lowest BCUT2D eigenvalue weighted by molar-refractivity contribution is -0.889. The number of nitrogens with zero attached hydrogens (tertiary/aromatic N) is 1. The maximum atomic E-state index is 14.2. The molecule has 2 N–H and O–H groups in total. The Balaban J connectivity index is 2.35. The minimum atomic E-state index is -0.264. The predicted octanol–water partition coefficient (Wildman–Crippen LogP) is 3.53. The van der Waals surface area contributed by atoms with Crippen molar-refractivity contribution >= 4 is 22.8 Å². The van der Waals surface area contributed by atoms with Gasteiger partial charge in [0.05, 0.1) is 11.6 Å². The smallest absolute Gasteiger partial charge is 0.326 e. The molecule has 2 heterocycles. The number of nitrogens with one attached hydrogen (secondary N) is 1. The van der Waals surface area contributed by atoms with E-state index in [-0.39, 0.29) is 5.82 Å². The molecule has 0 aliphatic carbocycles. The Kier molecular flexibility index (Phi) is 3.14. The first-order valence-corrected chi connectivity index (χ1v) is 7.40. The number of benzene rings is 1. The van der Waals surface area contributed by atoms with Crippen LogP contribution in [0, 0.1) is 12.7 Å². The minimum absolute atomic E-state index is 0.264. The zero-order chi connectivity index (χ0) is 14.3. The Morgan fingerprint density at radius 2 is 2.00 bits per heavy atom. The van der Waals surface area contributed by atoms with Crippen LogP contribution in [0.1, 0.15) is 5.69 Å². The molecule has 0 bridgehead atoms. The molecule has 20 heavy (non-hydrogen) atoms. The first kappa shape index (κ1) is 13.0. The Morgan fingerprint density at radius 3 is 2.75 bits per heavy atom. The van der Waals surface area contributed by atoms with Crippen LogP contribution in [-0.4, -0.2) is 16.4 Å². The van der Waals surface area contributed by atoms with Gasteiger partial charge in [-0.2, -0.15) is 0 Å². The summed E-state index contributed by atoms with van der Waals surface area (Å²) in [5.41, 5.74) is 2.53. The van der Waals surface area contributed by atoms with Crippen molar-refractivity contribution in [3.8, 4) is 11.1 Å². The van der Waals surface area contributed by atoms with Crippen molar-refractivity contribution in [1.29, 1.82) is 0 Å². The molecule has 0 saturated carbocycles. The molecule has 5 heteroatoms. The van der Waals surface area contributed by atoms with Gasteiger partial charge in [-0.1, -0.05) is 0 Å². The maximum absolute atomic E-state index is 14.2. The average Bonchev–Trinajstić information content (AvgIpc) is 2.93. The van der Waals surface area contributed by atoms with Gasteiger partial charge >= 0.3 is 5.65 Å². The van der Waals surface area contributed by atoms with Crippen molar-refractivity contribution in [1.82, 2.24) is 4.98 Å². The Bertz CT molecular complexity index is 798. The van der Waals surface area contributed by atoms with E-state index in [1.165, 1.54) is 6.07 Å². The van der Waals surface area contributed by atoms with E-state index >= 15 is 0 Å². The van der Waals surface area contributed by atoms with E-state index in [0.717, 1.165) is 20.6 Å². The van der Waals surface area contributed by atoms with E-state index < -0.39 is 0 Å². The number of aryl methyl sites for hydroxylation is 1. The number of hydrogen-bond donors (Lipinski definition) is 2. The van der Waals surface area contributed by atoms with Gasteiger partial charge < -0.3 is 5.21 Å². The van der Waals surface area contributed by atoms with Gasteiger partial charge in [0.2, 0.25) is 0 Å². The number of H-pyrrole nitrogens is 1. The summed E-state index contributed by atoms with van der Waals surface area (Å²) in [5.74, 6) is -0.264. The van der Waals surface area contributed by atoms with E-state index in [0.29, 0.717) is 16.9 Å². The zero-order valence-electron chi connectivity index (χ0n) is 11.1. The summed E-state index contributed by atoms with van der Waals surface area (Å²) in [7, 11) is 0. The molecular formula is C15H14FN2OS+. The van der Waals surface area contributed by atoms with E-state index in [2.05, 4.69) is 4.98 Å². The fourth-order valence-electron chi connectivity index (χ4n) is 2.34. The van der Waals surface area contributed by atoms with Gasteiger partial charge in [-0.25, -0.2) is 9.37 Å². The molecule has 0 saturated heterocycles. The van der Waals surface area contributed by atoms with E-state index in [9.17, 15) is 9.60 Å². The van der Waals surface area contributed by atoms with Gasteiger partial charge in [0, 0.05) is 22.9 Å². The Morgan fingerprint density at radius 1 is 1.20 bits per heavy atom. The largest absolute Gasteiger partial charge is 0.349 e. The topological polar surface area (TPSA) is 39.9 Å². The van der Waals surface area contributed by atoms with E-state index in [4.69, 9.17) is 0 Å². The van der Waals surface area contributed by atoms with Crippen LogP contribution in [0.2, 0.25) is 0 Å². The van der Waals surface area contributed by atoms with Crippen LogP contribution < -0.4 is 4.73 Å². The van der Waals surface area contributed by atoms with Crippen molar-refractivity contribution in [2.24, 2.45) is 0 Å². The number of aromatic amines is 1. The molecule has 3 nitrogen and oxygen atoms in total. The summed E-state index contributed by atoms with van der Waals surface area (Å²) < 4.78 is 15.2. The fourth-order valence-corrected chi connectivity index (χ4v) is 2.78. The number of hydrogen-bond acceptors (Lipinski definition) is 2. The summed E-state index contributed by atoms with van der Waals surface area (Å²) in [6.45, 7) is 1.78. The molecular weight excluding hydrogens is 275 g/mol. The molecule has 0 radical (unpaired) electrons. The standard InChI is InChI=1S/C15H13FN2OS/c1-9-7-12(11-5-6-17-15(11)18(9)19)13-8-10(20-2)3-4-14(13)16/h3-8,19H,1-2H3/p+1. The monoisotopic (exact) mass is 289 g/mol. The van der Waals surface area contributed by atoms with Gasteiger partial charge in [0.25, 0.3) is 0 Å². The van der Waals surface area contributed by atoms with Crippen LogP contribution >= 0.6 is 11.8 Å². The minimum Gasteiger partial charge on any atom is -0.349 e. The predicted molar refractivity (Wildman–Crippen MR) is 77.6 cm³/mol. The molecule has 0 aliphatic heterocycles. The lowest BCUT2D eigenvalue weighted by Crippen LogP contribution is -2.34. The van der Waals surface area contributed by atoms with Crippen LogP contribution in [0.5, 0.6) is 0 Å². The SMILES string of the molecule is CSc1ccc(F)c(-c2cc(C)[n+](O)c3[nH]ccc23)c1. The third kappa shape index (κ3) is 1.94. The quantitative estimate of drug-likeness (QED) is 0.430. The summed E-state index contributed by atoms with van der Waals surface area (Å²) in [5, 5.41) is 10.8. The van der Waals surface area contributed by atoms with Crippen LogP contribution in [0.4, 0.5) is 4.39 Å². The molecule has 0 unspecified atom stereocenters. The second-order valence-electron chi connectivity index (χ2n) is 4.60. The van der Waals surface area contributed by atoms with Crippen LogP contribution in [-0.2, 0) is 0 Å². The molecule has 0 atom stereocenters. The molecule has 102 valence electrons. The third-order valence-corrected chi connectivity index (χ3v) is 4.10. The highest BCUT2D eigenvalue weighted by Crippen LogP contribution is 2.32. The number of rotatable bonds is 2. The number of pyridine rings is 1. The number of thioether (sulfide) groups is 1. The summed E-state index contributed by atoms with van der Waals surface area (Å²) >= 11 is 1.57. The molecule has 0 fully saturated rings. The maximum Gasteiger partial charge on any atom is 0.326 e. The average molecular weight is 289 g/mol. The number of fused-ring (bicyclic) bond motifs is 1. The highest BCUT2D eigenvalue weighted by Gasteiger charge is 2.18. The molecule has 0 aliphatic rings. The summed E-state index contributed by atoms with van der Waals surface area (Å²) in [4.78, 5) is 3.98. The van der Waals surface area contributed by atoms with E-state index in [1.807, 2.05) is 18.4 Å². The molecule has 3 aromatic rings. The van der Waals surface area contributed by atoms with Crippen LogP contribution in [0.3, 0.4) is 0 Å². The fraction of sp³-hybridized carbons (Fsp3) is 0.133. The number of aromatic nitrogens is 2. The lowest BCUT2D eigenvalue weighted by atomic mass is 10.0. The molecule has 0 spiro atoms. The summed E-state index contributed by atoms with van der Waals surface area (Å²) in [6, 6.07) is 8.71. The van der Waals surface area contributed by atoms with Gasteiger partial charge in [-0.05, 0) is 41.3 Å². The number of halogens is 1. The molecule has 0 amide bonds. The second-order valence-corrected chi connectivity index (χ2v) is 5.48. The van der Waals surface area contributed by atoms with Crippen molar-refractivity contribution in [3.05, 3.63) is 48.0 Å². The van der Waals surface area contributed by atoms with Gasteiger partial charge in [-0.3, -0.25) is 0 Å². The Hall–Kier alpha value is -2.01. The molecule has 3 rings (SSSR count). The van der Waals surface area contributed by atoms with Crippen molar-refractivity contribution in [3.63, 3.8) is 0 Å². The van der Waals surface area contributed by atoms with Gasteiger partial charge in [0.15, 0.2) is 0 Å². The highest BCUT2D eigenvalue weighted by molar-refractivity contribution is 7.98. The summed E-state index contributed by atoms with van der Waals surface area (Å²) in [6.07, 6.45) is 3.69. The van der Waals surface area contributed by atoms with Gasteiger partial charge in [-0.15, -0.1) is 11.8 Å². The Labute approximate surface area is 120 Å². The van der Waals surface area contributed by atoms with Crippen molar-refractivity contribution < 1.29 is 14.3 Å². The third-order valence-electron chi connectivity index (χ3n) is 3.38. The van der Waals surface area contributed by atoms with E-state index in [1.54, 1.807) is 37.0 Å². The first-order valence-electron chi connectivity index (χ1n) is 6.17. The normalized spacial score (nSPS) is 11.2. The highest BCUT2D eigenvalue weighted by atomic mass is 32.2. The van der Waals surface area contributed by atoms with Gasteiger partial charge in [0.1, 0.15) is 11.5 Å². The molecule has 2 aromatic heterocycles. The first-order chi connectivity index (χ1) is 9.61. The second kappa shape index (κ2) is 4.83. The van der Waals surface area contributed by atoms with Crippen LogP contribution in [0.15, 0.2) is 41.4 Å². The van der Waals surface area contributed by atoms with Crippen molar-refractivity contribution in [2.75, 3.05) is 6.26 Å². The lowest BCUT2D eigenvalue weighted by Gasteiger charge is -2.08. The molecule has 1 aromatic carbocycles. The zero-order valence-corrected chi connectivity index (χ0v) is 12.0. The van der Waals surface area contributed by atoms with Crippen molar-refractivity contribution in [2.45, 2.75) is 11.8 Å².